The summed E-state index contributed by atoms with van der Waals surface area (Å²) in [5, 5.41) is 6.52. The molecule has 40 heavy (non-hydrogen) atoms. The molecule has 2 heterocycles. The molecule has 208 valence electrons. The first-order valence-electron chi connectivity index (χ1n) is 12.9. The van der Waals surface area contributed by atoms with Gasteiger partial charge < -0.3 is 5.32 Å². The lowest BCUT2D eigenvalue weighted by Crippen LogP contribution is -2.34. The van der Waals surface area contributed by atoms with E-state index < -0.39 is 42.0 Å². The molecule has 0 radical (unpaired) electrons. The highest BCUT2D eigenvalue weighted by molar-refractivity contribution is 5.76. The second kappa shape index (κ2) is 11.1. The number of hydrogen-bond acceptors (Lipinski definition) is 4. The lowest BCUT2D eigenvalue weighted by molar-refractivity contribution is -0.142. The molecular weight excluding hydrogens is 529 g/mol. The van der Waals surface area contributed by atoms with Crippen LogP contribution in [0.15, 0.2) is 54.7 Å². The fourth-order valence-corrected chi connectivity index (χ4v) is 5.13. The average molecular weight is 556 g/mol. The molecule has 1 aliphatic rings. The number of alkyl halides is 3. The van der Waals surface area contributed by atoms with Crippen LogP contribution in [0.1, 0.15) is 52.8 Å². The number of hydrogen-bond donors (Lipinski definition) is 1. The molecule has 0 aliphatic heterocycles. The zero-order valence-electron chi connectivity index (χ0n) is 21.6. The SMILES string of the molecule is Cc1ccccc1-c1ccnc([C@H](Cc2cc(F)cc(F)c2)NC(=O)Cn2nc(C(F)(F)F)c3c2CCCC3)n1. The maximum absolute atomic E-state index is 14.0. The Morgan fingerprint density at radius 1 is 1.05 bits per heavy atom. The van der Waals surface area contributed by atoms with Gasteiger partial charge in [-0.05, 0) is 61.9 Å². The lowest BCUT2D eigenvalue weighted by atomic mass is 9.95. The van der Waals surface area contributed by atoms with Gasteiger partial charge in [0, 0.05) is 35.5 Å². The first kappa shape index (κ1) is 27.4. The van der Waals surface area contributed by atoms with Crippen molar-refractivity contribution < 1.29 is 26.7 Å². The van der Waals surface area contributed by atoms with E-state index in [0.717, 1.165) is 34.0 Å². The van der Waals surface area contributed by atoms with Gasteiger partial charge >= 0.3 is 6.18 Å². The Bertz CT molecular complexity index is 1530. The highest BCUT2D eigenvalue weighted by atomic mass is 19.4. The fraction of sp³-hybridized carbons (Fsp3) is 0.310. The molecule has 2 aromatic heterocycles. The van der Waals surface area contributed by atoms with Crippen molar-refractivity contribution in [3.63, 3.8) is 0 Å². The van der Waals surface area contributed by atoms with Crippen LogP contribution in [-0.4, -0.2) is 25.7 Å². The molecule has 4 aromatic rings. The molecule has 2 aromatic carbocycles. The molecule has 0 saturated carbocycles. The van der Waals surface area contributed by atoms with Crippen LogP contribution in [-0.2, 0) is 36.8 Å². The van der Waals surface area contributed by atoms with E-state index in [4.69, 9.17) is 0 Å². The second-order valence-corrected chi connectivity index (χ2v) is 9.85. The van der Waals surface area contributed by atoms with E-state index in [9.17, 15) is 26.7 Å². The largest absolute Gasteiger partial charge is 0.435 e. The molecule has 1 aliphatic carbocycles. The third kappa shape index (κ3) is 6.03. The van der Waals surface area contributed by atoms with Crippen LogP contribution in [0.5, 0.6) is 0 Å². The number of aromatic nitrogens is 4. The van der Waals surface area contributed by atoms with Gasteiger partial charge in [-0.1, -0.05) is 24.3 Å². The molecule has 11 heteroatoms. The maximum Gasteiger partial charge on any atom is 0.435 e. The summed E-state index contributed by atoms with van der Waals surface area (Å²) in [6.45, 7) is 1.47. The zero-order chi connectivity index (χ0) is 28.4. The summed E-state index contributed by atoms with van der Waals surface area (Å²) in [5.41, 5.74) is 2.21. The second-order valence-electron chi connectivity index (χ2n) is 9.85. The van der Waals surface area contributed by atoms with Crippen molar-refractivity contribution in [2.45, 2.75) is 57.8 Å². The number of amides is 1. The van der Waals surface area contributed by atoms with Crippen molar-refractivity contribution in [2.75, 3.05) is 0 Å². The lowest BCUT2D eigenvalue weighted by Gasteiger charge is -2.20. The number of rotatable bonds is 7. The quantitative estimate of drug-likeness (QED) is 0.287. The first-order chi connectivity index (χ1) is 19.1. The first-order valence-corrected chi connectivity index (χ1v) is 12.9. The predicted molar refractivity (Wildman–Crippen MR) is 137 cm³/mol. The van der Waals surface area contributed by atoms with Gasteiger partial charge in [-0.25, -0.2) is 18.7 Å². The van der Waals surface area contributed by atoms with Crippen LogP contribution in [0.3, 0.4) is 0 Å². The Morgan fingerprint density at radius 2 is 1.77 bits per heavy atom. The molecule has 0 spiro atoms. The van der Waals surface area contributed by atoms with E-state index in [2.05, 4.69) is 20.4 Å². The van der Waals surface area contributed by atoms with Crippen molar-refractivity contribution >= 4 is 5.91 Å². The molecule has 5 rings (SSSR count). The summed E-state index contributed by atoms with van der Waals surface area (Å²) in [7, 11) is 0. The number of carbonyl (C=O) groups is 1. The van der Waals surface area contributed by atoms with E-state index >= 15 is 0 Å². The normalized spacial score (nSPS) is 14.1. The standard InChI is InChI=1S/C29H26F5N5O/c1-17-6-2-3-7-21(17)23-10-11-35-28(37-23)24(14-18-12-19(30)15-20(31)13-18)36-26(40)16-39-25-9-5-4-8-22(25)27(38-39)29(32,33)34/h2-3,6-7,10-13,15,24H,4-5,8-9,14,16H2,1H3,(H,36,40)/t24-/m0/s1. The van der Waals surface area contributed by atoms with E-state index in [0.29, 0.717) is 30.7 Å². The Balaban J connectivity index is 1.46. The topological polar surface area (TPSA) is 72.7 Å². The molecule has 0 unspecified atom stereocenters. The number of aryl methyl sites for hydroxylation is 1. The summed E-state index contributed by atoms with van der Waals surface area (Å²) in [6.07, 6.45) is -1.20. The fourth-order valence-electron chi connectivity index (χ4n) is 5.13. The van der Waals surface area contributed by atoms with Gasteiger partial charge in [0.2, 0.25) is 5.91 Å². The van der Waals surface area contributed by atoms with Crippen molar-refractivity contribution in [1.82, 2.24) is 25.1 Å². The van der Waals surface area contributed by atoms with Crippen molar-refractivity contribution in [3.05, 3.63) is 100 Å². The minimum atomic E-state index is -4.63. The summed E-state index contributed by atoms with van der Waals surface area (Å²) < 4.78 is 69.9. The monoisotopic (exact) mass is 555 g/mol. The summed E-state index contributed by atoms with van der Waals surface area (Å²) >= 11 is 0. The minimum absolute atomic E-state index is 0.0529. The van der Waals surface area contributed by atoms with Gasteiger partial charge in [0.25, 0.3) is 0 Å². The maximum atomic E-state index is 14.0. The Kier molecular flexibility index (Phi) is 7.64. The van der Waals surface area contributed by atoms with Crippen molar-refractivity contribution in [1.29, 1.82) is 0 Å². The average Bonchev–Trinajstić information content (AvgIpc) is 3.27. The van der Waals surface area contributed by atoms with Crippen LogP contribution < -0.4 is 5.32 Å². The van der Waals surface area contributed by atoms with Crippen LogP contribution in [0.4, 0.5) is 22.0 Å². The predicted octanol–water partition coefficient (Wildman–Crippen LogP) is 5.92. The van der Waals surface area contributed by atoms with Crippen LogP contribution in [0, 0.1) is 18.6 Å². The molecule has 0 bridgehead atoms. The van der Waals surface area contributed by atoms with Crippen molar-refractivity contribution in [2.24, 2.45) is 0 Å². The minimum Gasteiger partial charge on any atom is -0.344 e. The van der Waals surface area contributed by atoms with E-state index in [-0.39, 0.29) is 29.8 Å². The van der Waals surface area contributed by atoms with E-state index in [1.54, 1.807) is 6.07 Å². The van der Waals surface area contributed by atoms with Crippen LogP contribution in [0.2, 0.25) is 0 Å². The van der Waals surface area contributed by atoms with E-state index in [1.165, 1.54) is 6.20 Å². The third-order valence-corrected chi connectivity index (χ3v) is 6.92. The molecule has 1 atom stereocenters. The highest BCUT2D eigenvalue weighted by Crippen LogP contribution is 2.36. The van der Waals surface area contributed by atoms with Crippen molar-refractivity contribution in [3.8, 4) is 11.3 Å². The molecule has 6 nitrogen and oxygen atoms in total. The van der Waals surface area contributed by atoms with Gasteiger partial charge in [0.05, 0.1) is 11.7 Å². The van der Waals surface area contributed by atoms with Gasteiger partial charge in [-0.3, -0.25) is 9.48 Å². The number of carbonyl (C=O) groups excluding carboxylic acids is 1. The van der Waals surface area contributed by atoms with Gasteiger partial charge in [0.15, 0.2) is 11.5 Å². The number of halogens is 5. The van der Waals surface area contributed by atoms with Crippen LogP contribution >= 0.6 is 0 Å². The number of fused-ring (bicyclic) bond motifs is 1. The Morgan fingerprint density at radius 3 is 2.50 bits per heavy atom. The smallest absolute Gasteiger partial charge is 0.344 e. The Hall–Kier alpha value is -4.15. The highest BCUT2D eigenvalue weighted by Gasteiger charge is 2.39. The summed E-state index contributed by atoms with van der Waals surface area (Å²) in [5.74, 6) is -2.00. The summed E-state index contributed by atoms with van der Waals surface area (Å²) in [6, 6.07) is 11.4. The molecule has 1 amide bonds. The van der Waals surface area contributed by atoms with E-state index in [1.807, 2.05) is 31.2 Å². The van der Waals surface area contributed by atoms with Gasteiger partial charge in [-0.15, -0.1) is 0 Å². The van der Waals surface area contributed by atoms with Gasteiger partial charge in [-0.2, -0.15) is 18.3 Å². The molecule has 0 fully saturated rings. The summed E-state index contributed by atoms with van der Waals surface area (Å²) in [4.78, 5) is 22.2. The number of nitrogens with one attached hydrogen (secondary N) is 1. The number of nitrogens with zero attached hydrogens (tertiary/aromatic N) is 4. The molecule has 1 N–H and O–H groups in total. The van der Waals surface area contributed by atoms with Crippen LogP contribution in [0.25, 0.3) is 11.3 Å². The van der Waals surface area contributed by atoms with Gasteiger partial charge in [0.1, 0.15) is 18.2 Å². The third-order valence-electron chi connectivity index (χ3n) is 6.92. The Labute approximate surface area is 227 Å². The zero-order valence-corrected chi connectivity index (χ0v) is 21.6. The number of benzene rings is 2. The molecule has 0 saturated heterocycles. The molecular formula is C29H26F5N5O.